The van der Waals surface area contributed by atoms with E-state index >= 15 is 0 Å². The topological polar surface area (TPSA) is 12.0 Å². The molecule has 0 fully saturated rings. The van der Waals surface area contributed by atoms with E-state index < -0.39 is 0 Å². The molecule has 0 unspecified atom stereocenters. The maximum atomic E-state index is 3.51. The van der Waals surface area contributed by atoms with E-state index in [0.29, 0.717) is 0 Å². The third kappa shape index (κ3) is 2.60. The minimum absolute atomic E-state index is 1.08. The number of nitrogens with one attached hydrogen (secondary N) is 1. The molecule has 1 N–H and O–H groups in total. The Balaban J connectivity index is 2.26. The van der Waals surface area contributed by atoms with Crippen molar-refractivity contribution in [2.24, 2.45) is 0 Å². The molecule has 0 amide bonds. The predicted molar refractivity (Wildman–Crippen MR) is 68.6 cm³/mol. The zero-order valence-corrected chi connectivity index (χ0v) is 10.1. The van der Waals surface area contributed by atoms with Crippen molar-refractivity contribution in [1.82, 2.24) is 0 Å². The third-order valence-corrected chi connectivity index (χ3v) is 2.86. The molecule has 0 aliphatic heterocycles. The van der Waals surface area contributed by atoms with Gasteiger partial charge in [0.15, 0.2) is 0 Å². The highest BCUT2D eigenvalue weighted by Gasteiger charge is 1.98. The highest BCUT2D eigenvalue weighted by Crippen LogP contribution is 2.25. The highest BCUT2D eigenvalue weighted by atomic mass is 79.9. The SMILES string of the molecule is Cc1cccc(Nc2ccccc2Br)c1. The van der Waals surface area contributed by atoms with Gasteiger partial charge in [-0.3, -0.25) is 0 Å². The van der Waals surface area contributed by atoms with Gasteiger partial charge in [-0.05, 0) is 52.7 Å². The lowest BCUT2D eigenvalue weighted by atomic mass is 10.2. The van der Waals surface area contributed by atoms with E-state index in [9.17, 15) is 0 Å². The van der Waals surface area contributed by atoms with Gasteiger partial charge in [-0.25, -0.2) is 0 Å². The summed E-state index contributed by atoms with van der Waals surface area (Å²) in [5, 5.41) is 3.37. The number of hydrogen-bond acceptors (Lipinski definition) is 1. The molecule has 0 saturated heterocycles. The molecule has 2 rings (SSSR count). The average molecular weight is 262 g/mol. The predicted octanol–water partition coefficient (Wildman–Crippen LogP) is 4.50. The molecule has 2 heteroatoms. The second-order valence-corrected chi connectivity index (χ2v) is 4.33. The van der Waals surface area contributed by atoms with Crippen molar-refractivity contribution in [1.29, 1.82) is 0 Å². The molecule has 0 heterocycles. The van der Waals surface area contributed by atoms with Crippen molar-refractivity contribution in [3.8, 4) is 0 Å². The molecule has 76 valence electrons. The summed E-state index contributed by atoms with van der Waals surface area (Å²) >= 11 is 3.51. The van der Waals surface area contributed by atoms with Gasteiger partial charge in [0.05, 0.1) is 5.69 Å². The molecule has 15 heavy (non-hydrogen) atoms. The van der Waals surface area contributed by atoms with Crippen molar-refractivity contribution < 1.29 is 0 Å². The fraction of sp³-hybridized carbons (Fsp3) is 0.0769. The van der Waals surface area contributed by atoms with Gasteiger partial charge < -0.3 is 5.32 Å². The largest absolute Gasteiger partial charge is 0.355 e. The van der Waals surface area contributed by atoms with E-state index in [4.69, 9.17) is 0 Å². The Labute approximate surface area is 98.3 Å². The molecule has 2 aromatic rings. The molecule has 1 nitrogen and oxygen atoms in total. The van der Waals surface area contributed by atoms with Crippen LogP contribution in [0.15, 0.2) is 53.0 Å². The molecule has 0 saturated carbocycles. The van der Waals surface area contributed by atoms with Crippen molar-refractivity contribution in [3.05, 3.63) is 58.6 Å². The van der Waals surface area contributed by atoms with E-state index in [1.807, 2.05) is 24.3 Å². The molecule has 0 aliphatic carbocycles. The average Bonchev–Trinajstić information content (AvgIpc) is 2.22. The molecule has 0 atom stereocenters. The van der Waals surface area contributed by atoms with Crippen LogP contribution in [0.5, 0.6) is 0 Å². The minimum atomic E-state index is 1.08. The molecule has 0 aliphatic rings. The quantitative estimate of drug-likeness (QED) is 0.840. The normalized spacial score (nSPS) is 10.0. The molecule has 0 aromatic heterocycles. The van der Waals surface area contributed by atoms with Crippen LogP contribution in [0.1, 0.15) is 5.56 Å². The Bertz CT molecular complexity index is 466. The minimum Gasteiger partial charge on any atom is -0.355 e. The molecular formula is C13H12BrN. The van der Waals surface area contributed by atoms with Crippen molar-refractivity contribution in [2.75, 3.05) is 5.32 Å². The van der Waals surface area contributed by atoms with Gasteiger partial charge in [0, 0.05) is 10.2 Å². The summed E-state index contributed by atoms with van der Waals surface area (Å²) in [5.41, 5.74) is 3.46. The van der Waals surface area contributed by atoms with Crippen LogP contribution in [0.2, 0.25) is 0 Å². The van der Waals surface area contributed by atoms with E-state index in [1.165, 1.54) is 5.56 Å². The van der Waals surface area contributed by atoms with Crippen LogP contribution in [0.25, 0.3) is 0 Å². The van der Waals surface area contributed by atoms with Crippen LogP contribution in [-0.2, 0) is 0 Å². The number of anilines is 2. The standard InChI is InChI=1S/C13H12BrN/c1-10-5-4-6-11(9-10)15-13-8-3-2-7-12(13)14/h2-9,15H,1H3. The molecule has 0 radical (unpaired) electrons. The van der Waals surface area contributed by atoms with Crippen LogP contribution in [-0.4, -0.2) is 0 Å². The first-order chi connectivity index (χ1) is 7.25. The maximum absolute atomic E-state index is 3.51. The van der Waals surface area contributed by atoms with E-state index in [-0.39, 0.29) is 0 Å². The van der Waals surface area contributed by atoms with Crippen LogP contribution in [0, 0.1) is 6.92 Å². The summed E-state index contributed by atoms with van der Waals surface area (Å²) in [6, 6.07) is 16.4. The van der Waals surface area contributed by atoms with Gasteiger partial charge in [0.1, 0.15) is 0 Å². The van der Waals surface area contributed by atoms with Crippen LogP contribution in [0.4, 0.5) is 11.4 Å². The van der Waals surface area contributed by atoms with Gasteiger partial charge >= 0.3 is 0 Å². The Morgan fingerprint density at radius 2 is 1.80 bits per heavy atom. The monoisotopic (exact) mass is 261 g/mol. The third-order valence-electron chi connectivity index (χ3n) is 2.17. The van der Waals surface area contributed by atoms with Crippen molar-refractivity contribution in [3.63, 3.8) is 0 Å². The number of rotatable bonds is 2. The van der Waals surface area contributed by atoms with Gasteiger partial charge in [-0.15, -0.1) is 0 Å². The molecular weight excluding hydrogens is 250 g/mol. The van der Waals surface area contributed by atoms with Crippen molar-refractivity contribution in [2.45, 2.75) is 6.92 Å². The Hall–Kier alpha value is -1.28. The fourth-order valence-corrected chi connectivity index (χ4v) is 1.82. The summed E-state index contributed by atoms with van der Waals surface area (Å²) in [6.45, 7) is 2.09. The number of aryl methyl sites for hydroxylation is 1. The second kappa shape index (κ2) is 4.49. The first-order valence-electron chi connectivity index (χ1n) is 4.84. The zero-order chi connectivity index (χ0) is 10.7. The molecule has 0 spiro atoms. The summed E-state index contributed by atoms with van der Waals surface area (Å²) in [5.74, 6) is 0. The first-order valence-corrected chi connectivity index (χ1v) is 5.63. The lowest BCUT2D eigenvalue weighted by Crippen LogP contribution is -1.90. The number of halogens is 1. The summed E-state index contributed by atoms with van der Waals surface area (Å²) in [4.78, 5) is 0. The van der Waals surface area contributed by atoms with Crippen LogP contribution < -0.4 is 5.32 Å². The lowest BCUT2D eigenvalue weighted by Gasteiger charge is -2.08. The fourth-order valence-electron chi connectivity index (χ4n) is 1.44. The smallest absolute Gasteiger partial charge is 0.0528 e. The maximum Gasteiger partial charge on any atom is 0.0528 e. The summed E-state index contributed by atoms with van der Waals surface area (Å²) in [7, 11) is 0. The van der Waals surface area contributed by atoms with Crippen LogP contribution >= 0.6 is 15.9 Å². The van der Waals surface area contributed by atoms with E-state index in [0.717, 1.165) is 15.8 Å². The van der Waals surface area contributed by atoms with Crippen molar-refractivity contribution >= 4 is 27.3 Å². The Morgan fingerprint density at radius 1 is 1.00 bits per heavy atom. The van der Waals surface area contributed by atoms with Crippen LogP contribution in [0.3, 0.4) is 0 Å². The first kappa shape index (κ1) is 10.2. The summed E-state index contributed by atoms with van der Waals surface area (Å²) < 4.78 is 1.08. The number of hydrogen-bond donors (Lipinski definition) is 1. The van der Waals surface area contributed by atoms with E-state index in [1.54, 1.807) is 0 Å². The lowest BCUT2D eigenvalue weighted by molar-refractivity contribution is 1.44. The second-order valence-electron chi connectivity index (χ2n) is 3.47. The highest BCUT2D eigenvalue weighted by molar-refractivity contribution is 9.10. The van der Waals surface area contributed by atoms with Gasteiger partial charge in [0.25, 0.3) is 0 Å². The number of benzene rings is 2. The molecule has 0 bridgehead atoms. The summed E-state index contributed by atoms with van der Waals surface area (Å²) in [6.07, 6.45) is 0. The number of para-hydroxylation sites is 1. The zero-order valence-electron chi connectivity index (χ0n) is 8.50. The Morgan fingerprint density at radius 3 is 2.53 bits per heavy atom. The Kier molecular flexibility index (Phi) is 3.07. The van der Waals surface area contributed by atoms with Gasteiger partial charge in [0.2, 0.25) is 0 Å². The van der Waals surface area contributed by atoms with Gasteiger partial charge in [-0.1, -0.05) is 24.3 Å². The van der Waals surface area contributed by atoms with Gasteiger partial charge in [-0.2, -0.15) is 0 Å². The molecule has 2 aromatic carbocycles. The van der Waals surface area contributed by atoms with E-state index in [2.05, 4.69) is 52.4 Å².